The van der Waals surface area contributed by atoms with Crippen molar-refractivity contribution < 1.29 is 13.5 Å². The third-order valence-electron chi connectivity index (χ3n) is 3.85. The average Bonchev–Trinajstić information content (AvgIpc) is 2.95. The summed E-state index contributed by atoms with van der Waals surface area (Å²) >= 11 is 0. The molecule has 0 amide bonds. The van der Waals surface area contributed by atoms with Crippen LogP contribution in [-0.4, -0.2) is 13.7 Å². The van der Waals surface area contributed by atoms with Crippen LogP contribution >= 0.6 is 0 Å². The number of anilines is 1. The number of ether oxygens (including phenoxy) is 1. The van der Waals surface area contributed by atoms with Crippen molar-refractivity contribution in [1.82, 2.24) is 0 Å². The zero-order valence-corrected chi connectivity index (χ0v) is 11.8. The monoisotopic (exact) mass is 289 g/mol. The van der Waals surface area contributed by atoms with Crippen LogP contribution in [0.5, 0.6) is 5.75 Å². The van der Waals surface area contributed by atoms with Crippen LogP contribution < -0.4 is 10.1 Å². The Balaban J connectivity index is 1.82. The molecule has 0 fully saturated rings. The van der Waals surface area contributed by atoms with Crippen LogP contribution in [0, 0.1) is 5.82 Å². The molecule has 1 unspecified atom stereocenters. The van der Waals surface area contributed by atoms with Gasteiger partial charge in [0.05, 0.1) is 7.11 Å². The molecule has 21 heavy (non-hydrogen) atoms. The SMILES string of the molecule is COc1ccc(CC(F)c2cccc3c2NCC3)cc1F. The lowest BCUT2D eigenvalue weighted by atomic mass is 9.98. The maximum absolute atomic E-state index is 14.6. The van der Waals surface area contributed by atoms with E-state index < -0.39 is 12.0 Å². The van der Waals surface area contributed by atoms with E-state index in [1.165, 1.54) is 19.2 Å². The first kappa shape index (κ1) is 13.9. The molecule has 4 heteroatoms. The first-order valence-corrected chi connectivity index (χ1v) is 7.01. The first-order valence-electron chi connectivity index (χ1n) is 7.01. The standard InChI is InChI=1S/C17H17F2NO/c1-21-16-6-5-11(10-15(16)19)9-14(18)13-4-2-3-12-7-8-20-17(12)13/h2-6,10,14,20H,7-9H2,1H3. The molecule has 1 atom stereocenters. The molecule has 0 saturated heterocycles. The molecule has 3 rings (SSSR count). The van der Waals surface area contributed by atoms with E-state index in [-0.39, 0.29) is 12.2 Å². The summed E-state index contributed by atoms with van der Waals surface area (Å²) in [5.41, 5.74) is 3.33. The predicted molar refractivity (Wildman–Crippen MR) is 79.1 cm³/mol. The van der Waals surface area contributed by atoms with Crippen molar-refractivity contribution in [1.29, 1.82) is 0 Å². The molecular weight excluding hydrogens is 272 g/mol. The fraction of sp³-hybridized carbons (Fsp3) is 0.294. The number of halogens is 2. The number of hydrogen-bond donors (Lipinski definition) is 1. The van der Waals surface area contributed by atoms with Gasteiger partial charge < -0.3 is 10.1 Å². The molecule has 110 valence electrons. The summed E-state index contributed by atoms with van der Waals surface area (Å²) in [6.07, 6.45) is -0.0788. The maximum Gasteiger partial charge on any atom is 0.165 e. The van der Waals surface area contributed by atoms with Crippen molar-refractivity contribution in [3.05, 3.63) is 58.9 Å². The van der Waals surface area contributed by atoms with E-state index in [2.05, 4.69) is 5.32 Å². The zero-order valence-electron chi connectivity index (χ0n) is 11.8. The highest BCUT2D eigenvalue weighted by molar-refractivity contribution is 5.62. The number of fused-ring (bicyclic) bond motifs is 1. The van der Waals surface area contributed by atoms with Crippen LogP contribution in [0.3, 0.4) is 0 Å². The van der Waals surface area contributed by atoms with Gasteiger partial charge in [-0.05, 0) is 29.7 Å². The molecule has 1 aliphatic rings. The van der Waals surface area contributed by atoms with Gasteiger partial charge in [-0.15, -0.1) is 0 Å². The van der Waals surface area contributed by atoms with Gasteiger partial charge in [-0.2, -0.15) is 0 Å². The molecule has 1 heterocycles. The number of benzene rings is 2. The highest BCUT2D eigenvalue weighted by Gasteiger charge is 2.20. The van der Waals surface area contributed by atoms with E-state index in [4.69, 9.17) is 4.74 Å². The number of nitrogens with one attached hydrogen (secondary N) is 1. The van der Waals surface area contributed by atoms with Gasteiger partial charge >= 0.3 is 0 Å². The van der Waals surface area contributed by atoms with Gasteiger partial charge in [0.2, 0.25) is 0 Å². The van der Waals surface area contributed by atoms with E-state index in [1.54, 1.807) is 12.1 Å². The maximum atomic E-state index is 14.6. The van der Waals surface area contributed by atoms with E-state index in [0.717, 1.165) is 24.2 Å². The Kier molecular flexibility index (Phi) is 3.78. The number of para-hydroxylation sites is 1. The highest BCUT2D eigenvalue weighted by Crippen LogP contribution is 2.34. The summed E-state index contributed by atoms with van der Waals surface area (Å²) < 4.78 is 33.1. The minimum atomic E-state index is -1.15. The van der Waals surface area contributed by atoms with E-state index in [0.29, 0.717) is 11.1 Å². The summed E-state index contributed by atoms with van der Waals surface area (Å²) in [5.74, 6) is -0.282. The Morgan fingerprint density at radius 3 is 2.90 bits per heavy atom. The van der Waals surface area contributed by atoms with Gasteiger partial charge in [0.25, 0.3) is 0 Å². The number of rotatable bonds is 4. The fourth-order valence-corrected chi connectivity index (χ4v) is 2.78. The van der Waals surface area contributed by atoms with Crippen LogP contribution in [0.4, 0.5) is 14.5 Å². The summed E-state index contributed by atoms with van der Waals surface area (Å²) in [5, 5.41) is 3.23. The summed E-state index contributed by atoms with van der Waals surface area (Å²) in [6, 6.07) is 10.3. The smallest absolute Gasteiger partial charge is 0.165 e. The third-order valence-corrected chi connectivity index (χ3v) is 3.85. The molecular formula is C17H17F2NO. The quantitative estimate of drug-likeness (QED) is 0.916. The van der Waals surface area contributed by atoms with Gasteiger partial charge in [-0.3, -0.25) is 0 Å². The van der Waals surface area contributed by atoms with Gasteiger partial charge in [0.15, 0.2) is 11.6 Å². The Labute approximate surface area is 122 Å². The molecule has 1 aliphatic heterocycles. The summed E-state index contributed by atoms with van der Waals surface area (Å²) in [6.45, 7) is 0.843. The van der Waals surface area contributed by atoms with E-state index in [9.17, 15) is 8.78 Å². The highest BCUT2D eigenvalue weighted by atomic mass is 19.1. The fourth-order valence-electron chi connectivity index (χ4n) is 2.78. The van der Waals surface area contributed by atoms with Gasteiger partial charge in [-0.1, -0.05) is 24.3 Å². The molecule has 0 bridgehead atoms. The van der Waals surface area contributed by atoms with Gasteiger partial charge in [-0.25, -0.2) is 8.78 Å². The van der Waals surface area contributed by atoms with Gasteiger partial charge in [0.1, 0.15) is 6.17 Å². The van der Waals surface area contributed by atoms with Crippen molar-refractivity contribution in [3.63, 3.8) is 0 Å². The van der Waals surface area contributed by atoms with E-state index >= 15 is 0 Å². The lowest BCUT2D eigenvalue weighted by Crippen LogP contribution is -2.02. The molecule has 2 aromatic rings. The molecule has 2 aromatic carbocycles. The van der Waals surface area contributed by atoms with Crippen LogP contribution in [0.1, 0.15) is 22.9 Å². The Morgan fingerprint density at radius 2 is 2.14 bits per heavy atom. The lowest BCUT2D eigenvalue weighted by molar-refractivity contribution is 0.342. The largest absolute Gasteiger partial charge is 0.494 e. The Bertz CT molecular complexity index is 657. The number of hydrogen-bond acceptors (Lipinski definition) is 2. The second-order valence-corrected chi connectivity index (χ2v) is 5.20. The van der Waals surface area contributed by atoms with Crippen LogP contribution in [0.25, 0.3) is 0 Å². The normalized spacial score (nSPS) is 14.4. The average molecular weight is 289 g/mol. The topological polar surface area (TPSA) is 21.3 Å². The minimum absolute atomic E-state index is 0.152. The van der Waals surface area contributed by atoms with Crippen LogP contribution in [-0.2, 0) is 12.8 Å². The number of methoxy groups -OCH3 is 1. The lowest BCUT2D eigenvalue weighted by Gasteiger charge is -2.14. The second kappa shape index (κ2) is 5.72. The Morgan fingerprint density at radius 1 is 1.29 bits per heavy atom. The molecule has 1 N–H and O–H groups in total. The summed E-state index contributed by atoms with van der Waals surface area (Å²) in [7, 11) is 1.41. The second-order valence-electron chi connectivity index (χ2n) is 5.20. The third kappa shape index (κ3) is 2.71. The molecule has 0 aromatic heterocycles. The zero-order chi connectivity index (χ0) is 14.8. The minimum Gasteiger partial charge on any atom is -0.494 e. The van der Waals surface area contributed by atoms with Crippen molar-refractivity contribution in [2.24, 2.45) is 0 Å². The van der Waals surface area contributed by atoms with Crippen molar-refractivity contribution in [2.45, 2.75) is 19.0 Å². The van der Waals surface area contributed by atoms with Crippen molar-refractivity contribution >= 4 is 5.69 Å². The predicted octanol–water partition coefficient (Wildman–Crippen LogP) is 4.06. The first-order chi connectivity index (χ1) is 10.2. The van der Waals surface area contributed by atoms with Crippen molar-refractivity contribution in [3.8, 4) is 5.75 Å². The molecule has 2 nitrogen and oxygen atoms in total. The van der Waals surface area contributed by atoms with Crippen LogP contribution in [0.15, 0.2) is 36.4 Å². The van der Waals surface area contributed by atoms with Gasteiger partial charge in [0, 0.05) is 24.2 Å². The van der Waals surface area contributed by atoms with Crippen LogP contribution in [0.2, 0.25) is 0 Å². The molecule has 0 radical (unpaired) electrons. The van der Waals surface area contributed by atoms with E-state index in [1.807, 2.05) is 12.1 Å². The summed E-state index contributed by atoms with van der Waals surface area (Å²) in [4.78, 5) is 0. The molecule has 0 aliphatic carbocycles. The molecule has 0 saturated carbocycles. The Hall–Kier alpha value is -2.10. The molecule has 0 spiro atoms. The van der Waals surface area contributed by atoms with Crippen molar-refractivity contribution in [2.75, 3.05) is 19.0 Å². The number of alkyl halides is 1.